The van der Waals surface area contributed by atoms with Crippen molar-refractivity contribution in [1.82, 2.24) is 9.80 Å². The Bertz CT molecular complexity index is 2580. The van der Waals surface area contributed by atoms with Gasteiger partial charge in [-0.05, 0) is 70.8 Å². The molecular weight excluding hydrogens is 762 g/mol. The monoisotopic (exact) mass is 796 g/mol. The van der Waals surface area contributed by atoms with E-state index in [4.69, 9.17) is 20.9 Å². The van der Waals surface area contributed by atoms with E-state index < -0.39 is 65.2 Å². The van der Waals surface area contributed by atoms with Gasteiger partial charge in [0.2, 0.25) is 11.8 Å². The molecule has 6 aromatic carbocycles. The van der Waals surface area contributed by atoms with Gasteiger partial charge in [-0.15, -0.1) is 0 Å². The second-order valence-corrected chi connectivity index (χ2v) is 14.2. The fraction of sp³-hybridized carbons (Fsp3) is 0.130. The minimum Gasteiger partial charge on any atom is -0.491 e. The number of amides is 4. The van der Waals surface area contributed by atoms with Crippen molar-refractivity contribution in [2.24, 2.45) is 11.5 Å². The molecule has 0 fully saturated rings. The molecule has 2 aliphatic rings. The van der Waals surface area contributed by atoms with Gasteiger partial charge in [-0.1, -0.05) is 84.9 Å². The van der Waals surface area contributed by atoms with Crippen molar-refractivity contribution in [3.63, 3.8) is 0 Å². The number of fused-ring (bicyclic) bond motifs is 2. The number of nitrogens with zero attached hydrogens (tertiary/aromatic N) is 2. The maximum atomic E-state index is 14.8. The summed E-state index contributed by atoms with van der Waals surface area (Å²) in [7, 11) is 0. The van der Waals surface area contributed by atoms with Gasteiger partial charge in [-0.3, -0.25) is 19.2 Å². The van der Waals surface area contributed by atoms with Crippen molar-refractivity contribution in [2.75, 3.05) is 13.2 Å². The van der Waals surface area contributed by atoms with Gasteiger partial charge < -0.3 is 30.7 Å². The van der Waals surface area contributed by atoms with Crippen LogP contribution in [0, 0.1) is 17.5 Å². The number of ether oxygens (including phenoxy) is 2. The fourth-order valence-electron chi connectivity index (χ4n) is 7.84. The Kier molecular flexibility index (Phi) is 10.3. The number of halogens is 3. The summed E-state index contributed by atoms with van der Waals surface area (Å²) in [6.07, 6.45) is 0. The third kappa shape index (κ3) is 7.34. The van der Waals surface area contributed by atoms with Crippen LogP contribution in [-0.2, 0) is 9.59 Å². The van der Waals surface area contributed by atoms with E-state index in [2.05, 4.69) is 0 Å². The number of benzene rings is 6. The van der Waals surface area contributed by atoms with Gasteiger partial charge in [0, 0.05) is 28.3 Å². The SMILES string of the molecule is NC(=O)[C@H](c1ccccc1)N(C(=O)c1ccc(-c2ccc([C@H](C(N)=O)N(C(=O)c3ccccc3)[C@@H]3COc4c(F)cc(F)cc43)cc2)cc1)[C@@H]1COc2ccc(F)cc21. The molecule has 0 aromatic heterocycles. The van der Waals surface area contributed by atoms with Gasteiger partial charge in [-0.2, -0.15) is 0 Å². The van der Waals surface area contributed by atoms with Crippen molar-refractivity contribution in [2.45, 2.75) is 24.2 Å². The first-order valence-electron chi connectivity index (χ1n) is 18.6. The Labute approximate surface area is 336 Å². The van der Waals surface area contributed by atoms with Gasteiger partial charge in [0.15, 0.2) is 11.6 Å². The van der Waals surface area contributed by atoms with Crippen LogP contribution < -0.4 is 20.9 Å². The molecule has 296 valence electrons. The Morgan fingerprint density at radius 1 is 0.542 bits per heavy atom. The molecule has 2 aliphatic heterocycles. The first-order chi connectivity index (χ1) is 28.5. The number of nitrogens with two attached hydrogens (primary N) is 2. The van der Waals surface area contributed by atoms with E-state index in [9.17, 15) is 32.3 Å². The Morgan fingerprint density at radius 3 is 1.63 bits per heavy atom. The summed E-state index contributed by atoms with van der Waals surface area (Å²) < 4.78 is 55.2. The van der Waals surface area contributed by atoms with Crippen LogP contribution in [-0.4, -0.2) is 46.6 Å². The van der Waals surface area contributed by atoms with Crippen molar-refractivity contribution >= 4 is 23.6 Å². The maximum Gasteiger partial charge on any atom is 0.255 e. The molecule has 59 heavy (non-hydrogen) atoms. The zero-order valence-electron chi connectivity index (χ0n) is 31.1. The predicted octanol–water partition coefficient (Wildman–Crippen LogP) is 7.38. The summed E-state index contributed by atoms with van der Waals surface area (Å²) in [4.78, 5) is 57.6. The molecule has 4 amide bonds. The largest absolute Gasteiger partial charge is 0.491 e. The highest BCUT2D eigenvalue weighted by atomic mass is 19.1. The normalized spacial score (nSPS) is 16.1. The minimum absolute atomic E-state index is 0.0275. The van der Waals surface area contributed by atoms with Crippen LogP contribution >= 0.6 is 0 Å². The molecule has 0 bridgehead atoms. The summed E-state index contributed by atoms with van der Waals surface area (Å²) in [5, 5.41) is 0. The second-order valence-electron chi connectivity index (χ2n) is 14.2. The van der Waals surface area contributed by atoms with E-state index in [0.717, 1.165) is 6.07 Å². The van der Waals surface area contributed by atoms with E-state index in [1.165, 1.54) is 28.0 Å². The molecule has 0 saturated heterocycles. The summed E-state index contributed by atoms with van der Waals surface area (Å²) in [5.41, 5.74) is 15.0. The average molecular weight is 797 g/mol. The quantitative estimate of drug-likeness (QED) is 0.140. The lowest BCUT2D eigenvalue weighted by Crippen LogP contribution is -2.44. The van der Waals surface area contributed by atoms with E-state index in [-0.39, 0.29) is 35.7 Å². The van der Waals surface area contributed by atoms with E-state index in [1.54, 1.807) is 109 Å². The molecule has 13 heteroatoms. The van der Waals surface area contributed by atoms with Gasteiger partial charge in [0.25, 0.3) is 11.8 Å². The first kappa shape index (κ1) is 38.5. The van der Waals surface area contributed by atoms with Crippen LogP contribution in [0.3, 0.4) is 0 Å². The molecule has 0 aliphatic carbocycles. The lowest BCUT2D eigenvalue weighted by Gasteiger charge is -2.35. The van der Waals surface area contributed by atoms with Crippen molar-refractivity contribution in [3.05, 3.63) is 190 Å². The second kappa shape index (κ2) is 15.9. The summed E-state index contributed by atoms with van der Waals surface area (Å²) in [6.45, 7) is -0.276. The number of carbonyl (C=O) groups is 4. The van der Waals surface area contributed by atoms with Crippen LogP contribution in [0.25, 0.3) is 11.1 Å². The summed E-state index contributed by atoms with van der Waals surface area (Å²) in [5.74, 6) is -4.99. The molecule has 0 unspecified atom stereocenters. The summed E-state index contributed by atoms with van der Waals surface area (Å²) >= 11 is 0. The number of hydrogen-bond donors (Lipinski definition) is 2. The average Bonchev–Trinajstić information content (AvgIpc) is 3.86. The molecule has 0 saturated carbocycles. The molecule has 0 spiro atoms. The predicted molar refractivity (Wildman–Crippen MR) is 210 cm³/mol. The molecule has 4 N–H and O–H groups in total. The maximum absolute atomic E-state index is 14.8. The molecule has 6 aromatic rings. The number of carbonyl (C=O) groups excluding carboxylic acids is 4. The first-order valence-corrected chi connectivity index (χ1v) is 18.6. The van der Waals surface area contributed by atoms with Crippen LogP contribution in [0.15, 0.2) is 140 Å². The van der Waals surface area contributed by atoms with Gasteiger partial charge >= 0.3 is 0 Å². The lowest BCUT2D eigenvalue weighted by atomic mass is 9.95. The zero-order chi connectivity index (χ0) is 41.4. The molecule has 10 nitrogen and oxygen atoms in total. The van der Waals surface area contributed by atoms with E-state index >= 15 is 0 Å². The Balaban J connectivity index is 1.11. The molecule has 4 atom stereocenters. The Morgan fingerprint density at radius 2 is 1.03 bits per heavy atom. The van der Waals surface area contributed by atoms with Crippen LogP contribution in [0.2, 0.25) is 0 Å². The Hall–Kier alpha value is -7.41. The molecule has 0 radical (unpaired) electrons. The highest BCUT2D eigenvalue weighted by Gasteiger charge is 2.43. The third-order valence-electron chi connectivity index (χ3n) is 10.6. The summed E-state index contributed by atoms with van der Waals surface area (Å²) in [6, 6.07) is 31.2. The van der Waals surface area contributed by atoms with E-state index in [1.807, 2.05) is 0 Å². The fourth-order valence-corrected chi connectivity index (χ4v) is 7.84. The van der Waals surface area contributed by atoms with E-state index in [0.29, 0.717) is 39.6 Å². The molecular formula is C46H35F3N4O6. The van der Waals surface area contributed by atoms with Crippen LogP contribution in [0.1, 0.15) is 67.1 Å². The lowest BCUT2D eigenvalue weighted by molar-refractivity contribution is -0.124. The van der Waals surface area contributed by atoms with Crippen LogP contribution in [0.5, 0.6) is 11.5 Å². The smallest absolute Gasteiger partial charge is 0.255 e. The van der Waals surface area contributed by atoms with Crippen molar-refractivity contribution < 1.29 is 41.8 Å². The highest BCUT2D eigenvalue weighted by molar-refractivity contribution is 5.99. The third-order valence-corrected chi connectivity index (χ3v) is 10.6. The van der Waals surface area contributed by atoms with Gasteiger partial charge in [-0.25, -0.2) is 13.2 Å². The molecule has 8 rings (SSSR count). The van der Waals surface area contributed by atoms with Crippen LogP contribution in [0.4, 0.5) is 13.2 Å². The number of primary amides is 2. The zero-order valence-corrected chi connectivity index (χ0v) is 31.1. The van der Waals surface area contributed by atoms with Crippen molar-refractivity contribution in [3.8, 4) is 22.6 Å². The highest BCUT2D eigenvalue weighted by Crippen LogP contribution is 2.44. The number of hydrogen-bond acceptors (Lipinski definition) is 6. The molecule has 2 heterocycles. The standard InChI is InChI=1S/C46H35F3N4O6/c47-32-19-20-39-34(21-32)37(24-58-39)52(40(43(50)54)28-7-3-1-4-8-28)46(57)31-17-13-27(14-18-31)26-11-15-29(16-12-26)41(44(51)55)53(45(56)30-9-5-2-6-10-30)38-25-59-42-35(38)22-33(48)23-36(42)49/h1-23,37-38,40-41H,24-25H2,(H2,50,54)(H2,51,55)/t37-,38-,40+,41-/m1/s1. The van der Waals surface area contributed by atoms with Crippen molar-refractivity contribution in [1.29, 1.82) is 0 Å². The minimum atomic E-state index is -1.38. The van der Waals surface area contributed by atoms with Gasteiger partial charge in [0.1, 0.15) is 42.7 Å². The topological polar surface area (TPSA) is 145 Å². The van der Waals surface area contributed by atoms with Gasteiger partial charge in [0.05, 0.1) is 12.1 Å². The number of rotatable bonds is 11.